The lowest BCUT2D eigenvalue weighted by Gasteiger charge is -2.19. The molecule has 1 aliphatic carbocycles. The van der Waals surface area contributed by atoms with Crippen LogP contribution in [0.1, 0.15) is 38.5 Å². The normalized spacial score (nSPS) is 18.0. The van der Waals surface area contributed by atoms with Gasteiger partial charge in [0.15, 0.2) is 9.84 Å². The first-order chi connectivity index (χ1) is 8.97. The summed E-state index contributed by atoms with van der Waals surface area (Å²) in [7, 11) is -3.19. The van der Waals surface area contributed by atoms with E-state index in [1.54, 1.807) is 18.2 Å². The molecule has 0 atom stereocenters. The summed E-state index contributed by atoms with van der Waals surface area (Å²) >= 11 is 6.15. The molecule has 1 fully saturated rings. The molecule has 0 heterocycles. The molecule has 0 unspecified atom stereocenters. The fourth-order valence-electron chi connectivity index (χ4n) is 2.49. The third-order valence-corrected chi connectivity index (χ3v) is 5.02. The van der Waals surface area contributed by atoms with Gasteiger partial charge < -0.3 is 5.32 Å². The van der Waals surface area contributed by atoms with Crippen molar-refractivity contribution in [2.45, 2.75) is 49.5 Å². The Labute approximate surface area is 120 Å². The summed E-state index contributed by atoms with van der Waals surface area (Å²) in [6, 6.07) is 5.24. The predicted octanol–water partition coefficient (Wildman–Crippen LogP) is 3.88. The van der Waals surface area contributed by atoms with E-state index in [-0.39, 0.29) is 0 Å². The van der Waals surface area contributed by atoms with Gasteiger partial charge in [0.1, 0.15) is 0 Å². The van der Waals surface area contributed by atoms with Gasteiger partial charge in [-0.15, -0.1) is 0 Å². The molecule has 1 saturated carbocycles. The fraction of sp³-hybridized carbons (Fsp3) is 0.571. The Hall–Kier alpha value is -0.740. The first kappa shape index (κ1) is 14.7. The molecule has 1 aromatic rings. The van der Waals surface area contributed by atoms with E-state index in [1.807, 2.05) is 0 Å². The third kappa shape index (κ3) is 4.11. The van der Waals surface area contributed by atoms with Gasteiger partial charge in [0.05, 0.1) is 15.6 Å². The summed E-state index contributed by atoms with van der Waals surface area (Å²) in [6.45, 7) is 0. The minimum atomic E-state index is -3.19. The number of hydrogen-bond acceptors (Lipinski definition) is 3. The standard InChI is InChI=1S/C14H20ClNO2S/c1-19(17,18)12-8-9-13(15)14(10-12)16-11-6-4-2-3-5-7-11/h8-11,16H,2-7H2,1H3. The zero-order valence-electron chi connectivity index (χ0n) is 11.2. The van der Waals surface area contributed by atoms with Gasteiger partial charge in [-0.2, -0.15) is 0 Å². The maximum Gasteiger partial charge on any atom is 0.175 e. The smallest absolute Gasteiger partial charge is 0.175 e. The summed E-state index contributed by atoms with van der Waals surface area (Å²) in [5.41, 5.74) is 0.733. The second kappa shape index (κ2) is 6.14. The van der Waals surface area contributed by atoms with Gasteiger partial charge >= 0.3 is 0 Å². The molecule has 3 nitrogen and oxygen atoms in total. The molecule has 2 rings (SSSR count). The van der Waals surface area contributed by atoms with Crippen molar-refractivity contribution in [3.05, 3.63) is 23.2 Å². The average molecular weight is 302 g/mol. The van der Waals surface area contributed by atoms with E-state index in [2.05, 4.69) is 5.32 Å². The Morgan fingerprint density at radius 2 is 1.79 bits per heavy atom. The van der Waals surface area contributed by atoms with Gasteiger partial charge in [0.25, 0.3) is 0 Å². The van der Waals surface area contributed by atoms with Crippen LogP contribution in [-0.4, -0.2) is 20.7 Å². The Bertz CT molecular complexity index is 534. The highest BCUT2D eigenvalue weighted by Crippen LogP contribution is 2.28. The van der Waals surface area contributed by atoms with Crippen LogP contribution < -0.4 is 5.32 Å². The molecular weight excluding hydrogens is 282 g/mol. The van der Waals surface area contributed by atoms with Crippen molar-refractivity contribution in [3.8, 4) is 0 Å². The van der Waals surface area contributed by atoms with Crippen molar-refractivity contribution in [2.75, 3.05) is 11.6 Å². The van der Waals surface area contributed by atoms with E-state index in [0.717, 1.165) is 18.5 Å². The fourth-order valence-corrected chi connectivity index (χ4v) is 3.31. The van der Waals surface area contributed by atoms with E-state index >= 15 is 0 Å². The van der Waals surface area contributed by atoms with Crippen molar-refractivity contribution >= 4 is 27.1 Å². The molecule has 19 heavy (non-hydrogen) atoms. The second-order valence-corrected chi connectivity index (χ2v) is 7.67. The van der Waals surface area contributed by atoms with E-state index in [4.69, 9.17) is 11.6 Å². The highest BCUT2D eigenvalue weighted by Gasteiger charge is 2.15. The number of benzene rings is 1. The first-order valence-electron chi connectivity index (χ1n) is 6.73. The Kier molecular flexibility index (Phi) is 4.74. The van der Waals surface area contributed by atoms with Gasteiger partial charge in [-0.05, 0) is 31.0 Å². The van der Waals surface area contributed by atoms with Gasteiger partial charge in [-0.1, -0.05) is 37.3 Å². The molecule has 1 aliphatic rings. The Balaban J connectivity index is 2.19. The first-order valence-corrected chi connectivity index (χ1v) is 9.00. The van der Waals surface area contributed by atoms with Crippen LogP contribution in [0, 0.1) is 0 Å². The zero-order chi connectivity index (χ0) is 13.9. The van der Waals surface area contributed by atoms with E-state index in [1.165, 1.54) is 31.9 Å². The average Bonchev–Trinajstić information content (AvgIpc) is 2.59. The van der Waals surface area contributed by atoms with Crippen molar-refractivity contribution in [1.82, 2.24) is 0 Å². The lowest BCUT2D eigenvalue weighted by molar-refractivity contribution is 0.601. The highest BCUT2D eigenvalue weighted by molar-refractivity contribution is 7.90. The number of halogens is 1. The quantitative estimate of drug-likeness (QED) is 0.862. The molecule has 106 valence electrons. The lowest BCUT2D eigenvalue weighted by atomic mass is 10.1. The summed E-state index contributed by atoms with van der Waals surface area (Å²) in [5.74, 6) is 0. The molecule has 0 saturated heterocycles. The minimum absolute atomic E-state index is 0.313. The second-order valence-electron chi connectivity index (χ2n) is 5.25. The van der Waals surface area contributed by atoms with Crippen LogP contribution in [0.15, 0.2) is 23.1 Å². The lowest BCUT2D eigenvalue weighted by Crippen LogP contribution is -2.18. The van der Waals surface area contributed by atoms with Crippen molar-refractivity contribution < 1.29 is 8.42 Å². The van der Waals surface area contributed by atoms with Crippen LogP contribution in [0.4, 0.5) is 5.69 Å². The maximum absolute atomic E-state index is 11.6. The SMILES string of the molecule is CS(=O)(=O)c1ccc(Cl)c(NC2CCCCCC2)c1. The molecule has 0 radical (unpaired) electrons. The molecule has 0 aromatic heterocycles. The van der Waals surface area contributed by atoms with Crippen molar-refractivity contribution in [1.29, 1.82) is 0 Å². The molecule has 0 amide bonds. The van der Waals surface area contributed by atoms with Crippen molar-refractivity contribution in [3.63, 3.8) is 0 Å². The van der Waals surface area contributed by atoms with Crippen LogP contribution in [0.25, 0.3) is 0 Å². The van der Waals surface area contributed by atoms with Gasteiger partial charge in [-0.3, -0.25) is 0 Å². The monoisotopic (exact) mass is 301 g/mol. The van der Waals surface area contributed by atoms with Gasteiger partial charge in [-0.25, -0.2) is 8.42 Å². The molecule has 0 spiro atoms. The molecule has 1 aromatic carbocycles. The zero-order valence-corrected chi connectivity index (χ0v) is 12.7. The molecular formula is C14H20ClNO2S. The van der Waals surface area contributed by atoms with E-state index in [0.29, 0.717) is 16.0 Å². The molecule has 0 aliphatic heterocycles. The van der Waals surface area contributed by atoms with Crippen LogP contribution in [0.3, 0.4) is 0 Å². The number of sulfone groups is 1. The molecule has 1 N–H and O–H groups in total. The van der Waals surface area contributed by atoms with Crippen LogP contribution in [0.2, 0.25) is 5.02 Å². The van der Waals surface area contributed by atoms with Crippen LogP contribution in [-0.2, 0) is 9.84 Å². The number of nitrogens with one attached hydrogen (secondary N) is 1. The Morgan fingerprint density at radius 1 is 1.16 bits per heavy atom. The highest BCUT2D eigenvalue weighted by atomic mass is 35.5. The summed E-state index contributed by atoms with van der Waals surface area (Å²) < 4.78 is 23.1. The van der Waals surface area contributed by atoms with E-state index < -0.39 is 9.84 Å². The number of rotatable bonds is 3. The van der Waals surface area contributed by atoms with Gasteiger partial charge in [0.2, 0.25) is 0 Å². The van der Waals surface area contributed by atoms with Gasteiger partial charge in [0, 0.05) is 12.3 Å². The summed E-state index contributed by atoms with van der Waals surface area (Å²) in [5, 5.41) is 3.99. The van der Waals surface area contributed by atoms with Crippen LogP contribution >= 0.6 is 11.6 Å². The third-order valence-electron chi connectivity index (χ3n) is 3.58. The Morgan fingerprint density at radius 3 is 2.37 bits per heavy atom. The van der Waals surface area contributed by atoms with E-state index in [9.17, 15) is 8.42 Å². The van der Waals surface area contributed by atoms with Crippen molar-refractivity contribution in [2.24, 2.45) is 0 Å². The molecule has 0 bridgehead atoms. The predicted molar refractivity (Wildman–Crippen MR) is 79.7 cm³/mol. The largest absolute Gasteiger partial charge is 0.381 e. The summed E-state index contributed by atoms with van der Waals surface area (Å²) in [6.07, 6.45) is 8.48. The number of hydrogen-bond donors (Lipinski definition) is 1. The number of anilines is 1. The van der Waals surface area contributed by atoms with Crippen LogP contribution in [0.5, 0.6) is 0 Å². The summed E-state index contributed by atoms with van der Waals surface area (Å²) in [4.78, 5) is 0.313. The molecule has 5 heteroatoms. The maximum atomic E-state index is 11.6. The topological polar surface area (TPSA) is 46.2 Å². The minimum Gasteiger partial charge on any atom is -0.381 e.